The van der Waals surface area contributed by atoms with Crippen LogP contribution in [0.15, 0.2) is 0 Å². The predicted octanol–water partition coefficient (Wildman–Crippen LogP) is 4.85. The average Bonchev–Trinajstić information content (AvgIpc) is 2.66. The van der Waals surface area contributed by atoms with E-state index in [1.165, 1.54) is 12.8 Å². The maximum absolute atomic E-state index is 12.2. The topological polar surface area (TPSA) is 17.1 Å². The summed E-state index contributed by atoms with van der Waals surface area (Å²) in [7, 11) is 0. The highest BCUT2D eigenvalue weighted by Crippen LogP contribution is 2.56. The molecule has 2 aliphatic carbocycles. The van der Waals surface area contributed by atoms with Crippen molar-refractivity contribution in [1.29, 1.82) is 0 Å². The van der Waals surface area contributed by atoms with Crippen LogP contribution in [0.3, 0.4) is 0 Å². The Morgan fingerprint density at radius 1 is 1.35 bits per heavy atom. The molecule has 0 unspecified atom stereocenters. The molecule has 1 heteroatoms. The van der Waals surface area contributed by atoms with Crippen LogP contribution in [0.25, 0.3) is 0 Å². The van der Waals surface area contributed by atoms with Crippen molar-refractivity contribution in [1.82, 2.24) is 0 Å². The third kappa shape index (κ3) is 3.11. The number of carbonyl (C=O) groups excluding carboxylic acids is 1. The summed E-state index contributed by atoms with van der Waals surface area (Å²) in [5.41, 5.74) is 0.362. The lowest BCUT2D eigenvalue weighted by atomic mass is 9.62. The zero-order chi connectivity index (χ0) is 15.0. The first kappa shape index (κ1) is 15.6. The lowest BCUT2D eigenvalue weighted by molar-refractivity contribution is -0.130. The minimum Gasteiger partial charge on any atom is -0.299 e. The van der Waals surface area contributed by atoms with E-state index in [9.17, 15) is 4.79 Å². The van der Waals surface area contributed by atoms with Gasteiger partial charge in [-0.3, -0.25) is 4.79 Å². The second-order valence-electron chi connectivity index (χ2n) is 8.30. The molecule has 2 rings (SSSR count). The summed E-state index contributed by atoms with van der Waals surface area (Å²) in [4.78, 5) is 12.2. The number of hydrogen-bond acceptors (Lipinski definition) is 1. The molecule has 2 saturated carbocycles. The van der Waals surface area contributed by atoms with Gasteiger partial charge in [0.2, 0.25) is 0 Å². The van der Waals surface area contributed by atoms with Crippen molar-refractivity contribution in [3.8, 4) is 11.8 Å². The molecule has 0 aromatic carbocycles. The van der Waals surface area contributed by atoms with Crippen molar-refractivity contribution in [2.75, 3.05) is 0 Å². The highest BCUT2D eigenvalue weighted by Gasteiger charge is 2.52. The van der Waals surface area contributed by atoms with E-state index in [0.29, 0.717) is 23.5 Å². The van der Waals surface area contributed by atoms with Crippen molar-refractivity contribution in [3.05, 3.63) is 0 Å². The molecule has 4 atom stereocenters. The van der Waals surface area contributed by atoms with Gasteiger partial charge in [0.25, 0.3) is 0 Å². The van der Waals surface area contributed by atoms with Gasteiger partial charge >= 0.3 is 0 Å². The first-order valence-corrected chi connectivity index (χ1v) is 8.27. The van der Waals surface area contributed by atoms with Gasteiger partial charge in [0.05, 0.1) is 0 Å². The van der Waals surface area contributed by atoms with Gasteiger partial charge in [-0.25, -0.2) is 0 Å². The van der Waals surface area contributed by atoms with E-state index in [-0.39, 0.29) is 10.8 Å². The summed E-state index contributed by atoms with van der Waals surface area (Å²) >= 11 is 0. The summed E-state index contributed by atoms with van der Waals surface area (Å²) in [6.45, 7) is 11.2. The van der Waals surface area contributed by atoms with Gasteiger partial charge in [-0.05, 0) is 63.7 Å². The first-order valence-electron chi connectivity index (χ1n) is 8.27. The molecule has 2 fully saturated rings. The summed E-state index contributed by atoms with van der Waals surface area (Å²) in [5, 5.41) is 0. The van der Waals surface area contributed by atoms with E-state index in [4.69, 9.17) is 0 Å². The molecule has 0 amide bonds. The molecule has 0 aromatic rings. The van der Waals surface area contributed by atoms with Crippen LogP contribution >= 0.6 is 0 Å². The Morgan fingerprint density at radius 3 is 2.70 bits per heavy atom. The van der Waals surface area contributed by atoms with Crippen molar-refractivity contribution in [2.24, 2.45) is 28.6 Å². The number of fused-ring (bicyclic) bond motifs is 1. The third-order valence-electron chi connectivity index (χ3n) is 5.51. The minimum atomic E-state index is 0.0998. The summed E-state index contributed by atoms with van der Waals surface area (Å²) in [6, 6.07) is 0. The maximum atomic E-state index is 12.2. The second-order valence-corrected chi connectivity index (χ2v) is 8.30. The van der Waals surface area contributed by atoms with Crippen molar-refractivity contribution in [2.45, 2.75) is 73.1 Å². The maximum Gasteiger partial charge on any atom is 0.136 e. The third-order valence-corrected chi connectivity index (χ3v) is 5.51. The summed E-state index contributed by atoms with van der Waals surface area (Å²) < 4.78 is 0. The standard InChI is InChI=1S/C19H30O/c1-14(8-6-12-18(2,3)4)15-10-11-16-17(20)9-7-13-19(15,16)5/h14-16H,7-11,13H2,1-5H3/t14-,15-,16+,19-/m1/s1. The fraction of sp³-hybridized carbons (Fsp3) is 0.842. The number of carbonyl (C=O) groups is 1. The molecule has 0 spiro atoms. The Balaban J connectivity index is 2.05. The Morgan fingerprint density at radius 2 is 2.05 bits per heavy atom. The van der Waals surface area contributed by atoms with E-state index < -0.39 is 0 Å². The number of ketones is 1. The molecular formula is C19H30O. The highest BCUT2D eigenvalue weighted by molar-refractivity contribution is 5.83. The monoisotopic (exact) mass is 274 g/mol. The van der Waals surface area contributed by atoms with Crippen LogP contribution in [0.4, 0.5) is 0 Å². The van der Waals surface area contributed by atoms with E-state index in [0.717, 1.165) is 25.7 Å². The van der Waals surface area contributed by atoms with Crippen LogP contribution in [0.5, 0.6) is 0 Å². The molecule has 0 bridgehead atoms. The quantitative estimate of drug-likeness (QED) is 0.658. The summed E-state index contributed by atoms with van der Waals surface area (Å²) in [6.07, 6.45) is 6.50. The zero-order valence-electron chi connectivity index (χ0n) is 13.9. The van der Waals surface area contributed by atoms with Crippen LogP contribution in [0.1, 0.15) is 73.1 Å². The normalized spacial score (nSPS) is 35.1. The molecule has 20 heavy (non-hydrogen) atoms. The zero-order valence-corrected chi connectivity index (χ0v) is 13.9. The lowest BCUT2D eigenvalue weighted by Crippen LogP contribution is -2.39. The number of Topliss-reactive ketones (excluding diaryl/α,β-unsaturated/α-hetero) is 1. The van der Waals surface area contributed by atoms with Crippen LogP contribution in [0.2, 0.25) is 0 Å². The lowest BCUT2D eigenvalue weighted by Gasteiger charge is -2.42. The van der Waals surface area contributed by atoms with Gasteiger partial charge in [0.15, 0.2) is 0 Å². The molecule has 0 radical (unpaired) electrons. The SMILES string of the molecule is C[C@H](CC#CC(C)(C)C)[C@H]1CC[C@H]2C(=O)CCC[C@]12C. The average molecular weight is 274 g/mol. The Kier molecular flexibility index (Phi) is 4.33. The van der Waals surface area contributed by atoms with E-state index >= 15 is 0 Å². The van der Waals surface area contributed by atoms with Crippen LogP contribution in [0, 0.1) is 40.4 Å². The summed E-state index contributed by atoms with van der Waals surface area (Å²) in [5.74, 6) is 8.93. The Labute approximate surface area is 124 Å². The van der Waals surface area contributed by atoms with E-state index in [1.54, 1.807) is 0 Å². The molecule has 1 nitrogen and oxygen atoms in total. The Hall–Kier alpha value is -0.770. The molecule has 0 saturated heterocycles. The van der Waals surface area contributed by atoms with Crippen LogP contribution in [-0.2, 0) is 4.79 Å². The molecule has 0 N–H and O–H groups in total. The van der Waals surface area contributed by atoms with Gasteiger partial charge in [0.1, 0.15) is 5.78 Å². The predicted molar refractivity (Wildman–Crippen MR) is 84.2 cm³/mol. The van der Waals surface area contributed by atoms with E-state index in [2.05, 4.69) is 46.5 Å². The van der Waals surface area contributed by atoms with Gasteiger partial charge in [-0.15, -0.1) is 5.92 Å². The molecule has 0 heterocycles. The fourth-order valence-corrected chi connectivity index (χ4v) is 4.52. The minimum absolute atomic E-state index is 0.0998. The van der Waals surface area contributed by atoms with Crippen molar-refractivity contribution in [3.63, 3.8) is 0 Å². The van der Waals surface area contributed by atoms with Gasteiger partial charge in [-0.2, -0.15) is 0 Å². The number of hydrogen-bond donors (Lipinski definition) is 0. The highest BCUT2D eigenvalue weighted by atomic mass is 16.1. The fourth-order valence-electron chi connectivity index (χ4n) is 4.52. The van der Waals surface area contributed by atoms with Crippen LogP contribution < -0.4 is 0 Å². The Bertz CT molecular complexity index is 431. The molecule has 2 aliphatic rings. The molecule has 112 valence electrons. The van der Waals surface area contributed by atoms with Gasteiger partial charge in [0, 0.05) is 24.2 Å². The van der Waals surface area contributed by atoms with Crippen molar-refractivity contribution >= 4 is 5.78 Å². The van der Waals surface area contributed by atoms with Gasteiger partial charge in [-0.1, -0.05) is 19.8 Å². The second kappa shape index (κ2) is 5.55. The van der Waals surface area contributed by atoms with Crippen LogP contribution in [-0.4, -0.2) is 5.78 Å². The van der Waals surface area contributed by atoms with E-state index in [1.807, 2.05) is 0 Å². The largest absolute Gasteiger partial charge is 0.299 e. The van der Waals surface area contributed by atoms with Gasteiger partial charge < -0.3 is 0 Å². The molecular weight excluding hydrogens is 244 g/mol. The molecule has 0 aliphatic heterocycles. The molecule has 0 aromatic heterocycles. The smallest absolute Gasteiger partial charge is 0.136 e. The van der Waals surface area contributed by atoms with Crippen molar-refractivity contribution < 1.29 is 4.79 Å². The number of rotatable bonds is 2. The first-order chi connectivity index (χ1) is 9.24.